The van der Waals surface area contributed by atoms with Gasteiger partial charge in [-0.1, -0.05) is 22.0 Å². The van der Waals surface area contributed by atoms with Gasteiger partial charge >= 0.3 is 5.91 Å². The van der Waals surface area contributed by atoms with Crippen LogP contribution in [0.4, 0.5) is 0 Å². The van der Waals surface area contributed by atoms with Gasteiger partial charge in [0.15, 0.2) is 5.43 Å². The molecule has 2 heterocycles. The SMILES string of the molecule is C[C@@H]1Cc2cc(Br)ccc2-c2cc(=O)c(C(=O)N=O)cn21. The van der Waals surface area contributed by atoms with Crippen LogP contribution >= 0.6 is 15.9 Å². The van der Waals surface area contributed by atoms with Crippen molar-refractivity contribution in [3.63, 3.8) is 0 Å². The van der Waals surface area contributed by atoms with E-state index in [0.29, 0.717) is 0 Å². The lowest BCUT2D eigenvalue weighted by molar-refractivity contribution is 0.0999. The van der Waals surface area contributed by atoms with Crippen molar-refractivity contribution in [2.45, 2.75) is 19.4 Å². The third kappa shape index (κ3) is 2.25. The predicted molar refractivity (Wildman–Crippen MR) is 82.4 cm³/mol. The molecule has 1 aliphatic heterocycles. The van der Waals surface area contributed by atoms with Crippen molar-refractivity contribution < 1.29 is 4.79 Å². The number of nitroso groups, excluding NO2 is 1. The summed E-state index contributed by atoms with van der Waals surface area (Å²) in [5.41, 5.74) is 2.20. The van der Waals surface area contributed by atoms with Crippen molar-refractivity contribution in [2.75, 3.05) is 0 Å². The number of hydrogen-bond donors (Lipinski definition) is 0. The van der Waals surface area contributed by atoms with E-state index in [1.54, 1.807) is 0 Å². The standard InChI is InChI=1S/C15H11BrN2O3/c1-8-4-9-5-10(16)2-3-11(9)13-6-14(19)12(7-18(8)13)15(20)17-21/h2-3,5-8H,4H2,1H3/t8-/m1/s1. The van der Waals surface area contributed by atoms with Crippen molar-refractivity contribution in [3.8, 4) is 11.3 Å². The maximum Gasteiger partial charge on any atom is 0.322 e. The number of halogens is 1. The Morgan fingerprint density at radius 3 is 2.86 bits per heavy atom. The molecule has 5 nitrogen and oxygen atoms in total. The number of carbonyl (C=O) groups is 1. The number of fused-ring (bicyclic) bond motifs is 3. The lowest BCUT2D eigenvalue weighted by Crippen LogP contribution is -2.23. The molecule has 2 aromatic rings. The predicted octanol–water partition coefficient (Wildman–Crippen LogP) is 3.30. The van der Waals surface area contributed by atoms with Gasteiger partial charge in [-0.2, -0.15) is 0 Å². The average molecular weight is 347 g/mol. The van der Waals surface area contributed by atoms with Crippen molar-refractivity contribution in [3.05, 3.63) is 61.2 Å². The summed E-state index contributed by atoms with van der Waals surface area (Å²) in [5.74, 6) is -1.02. The number of carbonyl (C=O) groups excluding carboxylic acids is 1. The highest BCUT2D eigenvalue weighted by Gasteiger charge is 2.23. The molecule has 0 spiro atoms. The minimum atomic E-state index is -1.02. The molecule has 0 radical (unpaired) electrons. The number of amides is 1. The van der Waals surface area contributed by atoms with Crippen LogP contribution < -0.4 is 5.43 Å². The largest absolute Gasteiger partial charge is 0.343 e. The normalized spacial score (nSPS) is 16.0. The second kappa shape index (κ2) is 5.04. The monoisotopic (exact) mass is 346 g/mol. The first kappa shape index (κ1) is 13.9. The highest BCUT2D eigenvalue weighted by molar-refractivity contribution is 9.10. The summed E-state index contributed by atoms with van der Waals surface area (Å²) in [6.45, 7) is 2.00. The first-order valence-corrected chi connectivity index (χ1v) is 7.23. The Morgan fingerprint density at radius 1 is 1.38 bits per heavy atom. The molecule has 1 atom stereocenters. The molecule has 0 unspecified atom stereocenters. The molecule has 106 valence electrons. The molecule has 0 aliphatic carbocycles. The van der Waals surface area contributed by atoms with Crippen molar-refractivity contribution >= 4 is 21.8 Å². The lowest BCUT2D eigenvalue weighted by Gasteiger charge is -2.28. The fourth-order valence-electron chi connectivity index (χ4n) is 2.74. The van der Waals surface area contributed by atoms with Crippen LogP contribution in [0.2, 0.25) is 0 Å². The van der Waals surface area contributed by atoms with Gasteiger partial charge < -0.3 is 4.57 Å². The van der Waals surface area contributed by atoms with Crippen LogP contribution in [-0.4, -0.2) is 10.5 Å². The molecule has 1 aliphatic rings. The Morgan fingerprint density at radius 2 is 2.14 bits per heavy atom. The Bertz CT molecular complexity index is 826. The minimum Gasteiger partial charge on any atom is -0.343 e. The highest BCUT2D eigenvalue weighted by atomic mass is 79.9. The third-order valence-corrected chi connectivity index (χ3v) is 4.22. The molecule has 0 bridgehead atoms. The molecule has 0 N–H and O–H groups in total. The molecule has 0 saturated heterocycles. The molecular weight excluding hydrogens is 336 g/mol. The maximum atomic E-state index is 12.0. The van der Waals surface area contributed by atoms with Gasteiger partial charge in [-0.3, -0.25) is 9.59 Å². The summed E-state index contributed by atoms with van der Waals surface area (Å²) in [5, 5.41) is 2.34. The van der Waals surface area contributed by atoms with Gasteiger partial charge in [-0.05, 0) is 31.0 Å². The van der Waals surface area contributed by atoms with Crippen LogP contribution in [0.3, 0.4) is 0 Å². The van der Waals surface area contributed by atoms with Crippen molar-refractivity contribution in [1.82, 2.24) is 4.57 Å². The lowest BCUT2D eigenvalue weighted by atomic mass is 9.93. The summed E-state index contributed by atoms with van der Waals surface area (Å²) in [6, 6.07) is 7.37. The van der Waals surface area contributed by atoms with Crippen LogP contribution in [0.5, 0.6) is 0 Å². The van der Waals surface area contributed by atoms with Gasteiger partial charge in [0.1, 0.15) is 5.56 Å². The summed E-state index contributed by atoms with van der Waals surface area (Å²) in [7, 11) is 0. The Balaban J connectivity index is 2.27. The van der Waals surface area contributed by atoms with E-state index in [-0.39, 0.29) is 11.6 Å². The average Bonchev–Trinajstić information content (AvgIpc) is 2.45. The van der Waals surface area contributed by atoms with E-state index in [0.717, 1.165) is 27.7 Å². The molecule has 3 rings (SSSR count). The fraction of sp³-hybridized carbons (Fsp3) is 0.200. The van der Waals surface area contributed by atoms with Gasteiger partial charge in [-0.25, -0.2) is 0 Å². The molecular formula is C15H11BrN2O3. The maximum absolute atomic E-state index is 12.0. The molecule has 1 aromatic heterocycles. The van der Waals surface area contributed by atoms with Gasteiger partial charge in [0.25, 0.3) is 0 Å². The number of benzene rings is 1. The second-order valence-corrected chi connectivity index (χ2v) is 6.01. The summed E-state index contributed by atoms with van der Waals surface area (Å²) in [4.78, 5) is 33.8. The Hall–Kier alpha value is -2.08. The van der Waals surface area contributed by atoms with Crippen LogP contribution in [0, 0.1) is 4.91 Å². The van der Waals surface area contributed by atoms with E-state index in [2.05, 4.69) is 21.1 Å². The first-order chi connectivity index (χ1) is 10.0. The summed E-state index contributed by atoms with van der Waals surface area (Å²) < 4.78 is 2.84. The molecule has 0 saturated carbocycles. The number of rotatable bonds is 1. The van der Waals surface area contributed by atoms with E-state index in [9.17, 15) is 14.5 Å². The van der Waals surface area contributed by atoms with E-state index >= 15 is 0 Å². The molecule has 6 heteroatoms. The number of hydrogen-bond acceptors (Lipinski definition) is 3. The Labute approximate surface area is 128 Å². The quantitative estimate of drug-likeness (QED) is 0.744. The van der Waals surface area contributed by atoms with E-state index in [1.807, 2.05) is 29.7 Å². The number of nitrogens with zero attached hydrogens (tertiary/aromatic N) is 2. The fourth-order valence-corrected chi connectivity index (χ4v) is 3.15. The Kier molecular flexibility index (Phi) is 3.33. The zero-order chi connectivity index (χ0) is 15.1. The van der Waals surface area contributed by atoms with E-state index in [1.165, 1.54) is 12.3 Å². The number of aromatic nitrogens is 1. The molecule has 21 heavy (non-hydrogen) atoms. The molecule has 1 aromatic carbocycles. The highest BCUT2D eigenvalue weighted by Crippen LogP contribution is 2.35. The van der Waals surface area contributed by atoms with Crippen molar-refractivity contribution in [2.24, 2.45) is 5.18 Å². The zero-order valence-electron chi connectivity index (χ0n) is 11.2. The minimum absolute atomic E-state index is 0.0839. The van der Waals surface area contributed by atoms with Crippen LogP contribution in [0.25, 0.3) is 11.3 Å². The van der Waals surface area contributed by atoms with Crippen molar-refractivity contribution in [1.29, 1.82) is 0 Å². The first-order valence-electron chi connectivity index (χ1n) is 6.44. The third-order valence-electron chi connectivity index (χ3n) is 3.73. The van der Waals surface area contributed by atoms with Crippen LogP contribution in [-0.2, 0) is 6.42 Å². The summed E-state index contributed by atoms with van der Waals surface area (Å²) in [6.07, 6.45) is 2.23. The molecule has 1 amide bonds. The van der Waals surface area contributed by atoms with E-state index in [4.69, 9.17) is 0 Å². The molecule has 0 fully saturated rings. The van der Waals surface area contributed by atoms with Crippen LogP contribution in [0.1, 0.15) is 28.9 Å². The van der Waals surface area contributed by atoms with Gasteiger partial charge in [0, 0.05) is 33.5 Å². The summed E-state index contributed by atoms with van der Waals surface area (Å²) >= 11 is 3.44. The second-order valence-electron chi connectivity index (χ2n) is 5.09. The van der Waals surface area contributed by atoms with Gasteiger partial charge in [-0.15, -0.1) is 4.91 Å². The zero-order valence-corrected chi connectivity index (χ0v) is 12.8. The van der Waals surface area contributed by atoms with E-state index < -0.39 is 11.3 Å². The number of pyridine rings is 1. The smallest absolute Gasteiger partial charge is 0.322 e. The topological polar surface area (TPSA) is 68.5 Å². The van der Waals surface area contributed by atoms with Gasteiger partial charge in [0.05, 0.1) is 5.69 Å². The van der Waals surface area contributed by atoms with Crippen LogP contribution in [0.15, 0.2) is 44.9 Å². The van der Waals surface area contributed by atoms with Gasteiger partial charge in [0.2, 0.25) is 0 Å².